The molecule has 4 atom stereocenters. The number of carbonyl (C=O) groups excluding carboxylic acids is 1. The minimum Gasteiger partial charge on any atom is -0.330 e. The molecule has 2 aromatic carbocycles. The van der Waals surface area contributed by atoms with Crippen LogP contribution in [0.4, 0.5) is 0 Å². The molecule has 2 aromatic heterocycles. The topological polar surface area (TPSA) is 52.7 Å². The van der Waals surface area contributed by atoms with Crippen LogP contribution in [-0.4, -0.2) is 24.9 Å². The second-order valence-electron chi connectivity index (χ2n) is 10.7. The van der Waals surface area contributed by atoms with Crippen LogP contribution in [0.1, 0.15) is 87.7 Å². The van der Waals surface area contributed by atoms with Crippen molar-refractivity contribution in [2.45, 2.75) is 78.3 Å². The fourth-order valence-electron chi connectivity index (χ4n) is 5.58. The van der Waals surface area contributed by atoms with E-state index in [9.17, 15) is 4.79 Å². The summed E-state index contributed by atoms with van der Waals surface area (Å²) in [6.45, 7) is 8.57. The van der Waals surface area contributed by atoms with Crippen molar-refractivity contribution in [3.05, 3.63) is 108 Å². The van der Waals surface area contributed by atoms with Crippen LogP contribution in [0.3, 0.4) is 0 Å². The fraction of sp³-hybridized carbons (Fsp3) is 0.424. The van der Waals surface area contributed by atoms with E-state index in [1.165, 1.54) is 22.3 Å². The summed E-state index contributed by atoms with van der Waals surface area (Å²) in [5, 5.41) is 0. The van der Waals surface area contributed by atoms with Gasteiger partial charge in [-0.05, 0) is 47.9 Å². The number of hydrogen-bond acceptors (Lipinski definition) is 3. The highest BCUT2D eigenvalue weighted by Gasteiger charge is 2.21. The van der Waals surface area contributed by atoms with E-state index >= 15 is 0 Å². The molecule has 0 amide bonds. The molecule has 2 heterocycles. The fourth-order valence-corrected chi connectivity index (χ4v) is 5.58. The van der Waals surface area contributed by atoms with Gasteiger partial charge in [0.1, 0.15) is 5.78 Å². The third-order valence-electron chi connectivity index (χ3n) is 7.68. The molecule has 4 aromatic rings. The zero-order chi connectivity index (χ0) is 26.9. The Kier molecular flexibility index (Phi) is 9.69. The largest absolute Gasteiger partial charge is 0.330 e. The van der Waals surface area contributed by atoms with E-state index in [1.54, 1.807) is 0 Å². The highest BCUT2D eigenvalue weighted by Crippen LogP contribution is 2.26. The molecule has 38 heavy (non-hydrogen) atoms. The predicted octanol–water partition coefficient (Wildman–Crippen LogP) is 7.49. The standard InChI is InChI=1S/C33H42N4O/c1-5-7-31(36-19-17-34-23-36)29-13-9-27(10-14-29)21-25(3)33(38)26(4)22-28-11-15-30(16-12-28)32(8-6-2)37-20-18-35-24-37/h9-20,23-26,31-32H,5-8,21-22H2,1-4H3. The Morgan fingerprint density at radius 1 is 0.684 bits per heavy atom. The summed E-state index contributed by atoms with van der Waals surface area (Å²) in [6.07, 6.45) is 17.5. The van der Waals surface area contributed by atoms with Crippen LogP contribution >= 0.6 is 0 Å². The number of imidazole rings is 2. The summed E-state index contributed by atoms with van der Waals surface area (Å²) < 4.78 is 4.36. The van der Waals surface area contributed by atoms with Crippen LogP contribution in [0.25, 0.3) is 0 Å². The van der Waals surface area contributed by atoms with Gasteiger partial charge >= 0.3 is 0 Å². The summed E-state index contributed by atoms with van der Waals surface area (Å²) in [7, 11) is 0. The molecule has 200 valence electrons. The Labute approximate surface area is 228 Å². The normalized spacial score (nSPS) is 14.6. The van der Waals surface area contributed by atoms with Crippen molar-refractivity contribution >= 4 is 5.78 Å². The van der Waals surface area contributed by atoms with Crippen molar-refractivity contribution < 1.29 is 4.79 Å². The number of aromatic nitrogens is 4. The average Bonchev–Trinajstić information content (AvgIpc) is 3.66. The van der Waals surface area contributed by atoms with E-state index in [-0.39, 0.29) is 11.8 Å². The number of rotatable bonds is 14. The van der Waals surface area contributed by atoms with Crippen LogP contribution in [0.2, 0.25) is 0 Å². The summed E-state index contributed by atoms with van der Waals surface area (Å²) in [4.78, 5) is 21.7. The lowest BCUT2D eigenvalue weighted by Crippen LogP contribution is -2.23. The van der Waals surface area contributed by atoms with Gasteiger partial charge in [0, 0.05) is 36.6 Å². The van der Waals surface area contributed by atoms with Crippen LogP contribution in [0.5, 0.6) is 0 Å². The maximum absolute atomic E-state index is 13.3. The van der Waals surface area contributed by atoms with Gasteiger partial charge in [-0.1, -0.05) is 89.1 Å². The molecule has 0 saturated carbocycles. The molecule has 5 nitrogen and oxygen atoms in total. The van der Waals surface area contributed by atoms with E-state index in [0.717, 1.165) is 38.5 Å². The van der Waals surface area contributed by atoms with Gasteiger partial charge < -0.3 is 9.13 Å². The van der Waals surface area contributed by atoms with Gasteiger partial charge in [-0.2, -0.15) is 0 Å². The van der Waals surface area contributed by atoms with Gasteiger partial charge in [0.2, 0.25) is 0 Å². The van der Waals surface area contributed by atoms with Crippen molar-refractivity contribution in [1.29, 1.82) is 0 Å². The van der Waals surface area contributed by atoms with Crippen LogP contribution < -0.4 is 0 Å². The van der Waals surface area contributed by atoms with Gasteiger partial charge in [-0.15, -0.1) is 0 Å². The molecule has 0 aliphatic heterocycles. The van der Waals surface area contributed by atoms with Crippen molar-refractivity contribution in [2.24, 2.45) is 11.8 Å². The van der Waals surface area contributed by atoms with Crippen molar-refractivity contribution in [1.82, 2.24) is 19.1 Å². The van der Waals surface area contributed by atoms with Crippen molar-refractivity contribution in [3.8, 4) is 0 Å². The van der Waals surface area contributed by atoms with Gasteiger partial charge in [0.15, 0.2) is 0 Å². The Morgan fingerprint density at radius 3 is 1.39 bits per heavy atom. The van der Waals surface area contributed by atoms with Crippen LogP contribution in [0, 0.1) is 11.8 Å². The Morgan fingerprint density at radius 2 is 1.08 bits per heavy atom. The molecule has 0 spiro atoms. The predicted molar refractivity (Wildman–Crippen MR) is 154 cm³/mol. The molecule has 0 N–H and O–H groups in total. The number of hydrogen-bond donors (Lipinski definition) is 0. The smallest absolute Gasteiger partial charge is 0.139 e. The first-order valence-electron chi connectivity index (χ1n) is 14.2. The first kappa shape index (κ1) is 27.6. The zero-order valence-corrected chi connectivity index (χ0v) is 23.3. The minimum absolute atomic E-state index is 0.00890. The second kappa shape index (κ2) is 13.4. The minimum atomic E-state index is -0.00890. The molecule has 4 unspecified atom stereocenters. The molecule has 0 aliphatic rings. The summed E-state index contributed by atoms with van der Waals surface area (Å²) in [5.74, 6) is 0.318. The summed E-state index contributed by atoms with van der Waals surface area (Å²) in [5.41, 5.74) is 5.01. The molecule has 0 bridgehead atoms. The van der Waals surface area contributed by atoms with Gasteiger partial charge in [0.25, 0.3) is 0 Å². The molecular weight excluding hydrogens is 468 g/mol. The third-order valence-corrected chi connectivity index (χ3v) is 7.68. The number of benzene rings is 2. The van der Waals surface area contributed by atoms with Crippen LogP contribution in [0.15, 0.2) is 86.0 Å². The zero-order valence-electron chi connectivity index (χ0n) is 23.3. The van der Waals surface area contributed by atoms with Gasteiger partial charge in [-0.3, -0.25) is 4.79 Å². The molecule has 4 rings (SSSR count). The van der Waals surface area contributed by atoms with E-state index in [4.69, 9.17) is 0 Å². The lowest BCUT2D eigenvalue weighted by atomic mass is 9.86. The SMILES string of the molecule is CCCC(c1ccc(CC(C)C(=O)C(C)Cc2ccc(C(CCC)n3ccnc3)cc2)cc1)n1ccnc1. The number of Topliss-reactive ketones (excluding diaryl/α,β-unsaturated/α-hetero) is 1. The van der Waals surface area contributed by atoms with Crippen molar-refractivity contribution in [2.75, 3.05) is 0 Å². The summed E-state index contributed by atoms with van der Waals surface area (Å²) >= 11 is 0. The first-order chi connectivity index (χ1) is 18.5. The quantitative estimate of drug-likeness (QED) is 0.177. The third kappa shape index (κ3) is 6.89. The first-order valence-corrected chi connectivity index (χ1v) is 14.2. The van der Waals surface area contributed by atoms with E-state index in [2.05, 4.69) is 95.3 Å². The molecule has 5 heteroatoms. The highest BCUT2D eigenvalue weighted by atomic mass is 16.1. The molecule has 0 aliphatic carbocycles. The maximum atomic E-state index is 13.3. The van der Waals surface area contributed by atoms with E-state index < -0.39 is 0 Å². The lowest BCUT2D eigenvalue weighted by Gasteiger charge is -2.20. The number of nitrogens with zero attached hydrogens (tertiary/aromatic N) is 4. The molecule has 0 saturated heterocycles. The second-order valence-corrected chi connectivity index (χ2v) is 10.7. The number of ketones is 1. The number of carbonyl (C=O) groups is 1. The highest BCUT2D eigenvalue weighted by molar-refractivity contribution is 5.83. The molecule has 0 fully saturated rings. The monoisotopic (exact) mass is 510 g/mol. The molecule has 0 radical (unpaired) electrons. The average molecular weight is 511 g/mol. The summed E-state index contributed by atoms with van der Waals surface area (Å²) in [6, 6.07) is 18.2. The Bertz CT molecular complexity index is 1130. The van der Waals surface area contributed by atoms with E-state index in [1.807, 2.05) is 37.4 Å². The van der Waals surface area contributed by atoms with Crippen LogP contribution in [-0.2, 0) is 17.6 Å². The molecular formula is C33H42N4O. The Hall–Kier alpha value is -3.47. The lowest BCUT2D eigenvalue weighted by molar-refractivity contribution is -0.125. The Balaban J connectivity index is 1.34. The van der Waals surface area contributed by atoms with Crippen molar-refractivity contribution in [3.63, 3.8) is 0 Å². The maximum Gasteiger partial charge on any atom is 0.139 e. The van der Waals surface area contributed by atoms with E-state index in [0.29, 0.717) is 17.9 Å². The van der Waals surface area contributed by atoms with Gasteiger partial charge in [0.05, 0.1) is 24.7 Å². The van der Waals surface area contributed by atoms with Gasteiger partial charge in [-0.25, -0.2) is 9.97 Å².